The number of unbranched alkanes of at least 4 members (excludes halogenated alkanes) is 11. The molecule has 4 rings (SSSR count). The van der Waals surface area contributed by atoms with Crippen LogP contribution in [0.2, 0.25) is 0 Å². The summed E-state index contributed by atoms with van der Waals surface area (Å²) in [6.07, 6.45) is 26.4. The van der Waals surface area contributed by atoms with Crippen molar-refractivity contribution in [3.63, 3.8) is 0 Å². The van der Waals surface area contributed by atoms with E-state index in [1.54, 1.807) is 24.3 Å². The van der Waals surface area contributed by atoms with E-state index in [2.05, 4.69) is 33.8 Å². The lowest BCUT2D eigenvalue weighted by atomic mass is 10.1. The zero-order chi connectivity index (χ0) is 30.8. The van der Waals surface area contributed by atoms with E-state index in [9.17, 15) is 4.79 Å². The number of carbonyl (C=O) groups excluding carboxylic acids is 1. The van der Waals surface area contributed by atoms with Crippen LogP contribution >= 0.6 is 0 Å². The van der Waals surface area contributed by atoms with Crippen LogP contribution < -0.4 is 4.74 Å². The van der Waals surface area contributed by atoms with Gasteiger partial charge in [0.05, 0.1) is 5.56 Å². The summed E-state index contributed by atoms with van der Waals surface area (Å²) in [5.74, 6) is 1.38. The fraction of sp³-hybridized carbons (Fsp3) is 0.447. The van der Waals surface area contributed by atoms with Gasteiger partial charge in [-0.05, 0) is 73.2 Å². The van der Waals surface area contributed by atoms with E-state index in [-0.39, 0.29) is 0 Å². The average molecular weight is 593 g/mol. The van der Waals surface area contributed by atoms with Gasteiger partial charge in [0.1, 0.15) is 5.75 Å². The number of hydrogen-bond acceptors (Lipinski definition) is 6. The number of hydrogen-bond donors (Lipinski definition) is 0. The first-order valence-corrected chi connectivity index (χ1v) is 16.7. The zero-order valence-corrected chi connectivity index (χ0v) is 26.6. The highest BCUT2D eigenvalue weighted by atomic mass is 16.5. The number of ether oxygens (including phenoxy) is 1. The molecule has 0 saturated carbocycles. The molecule has 0 fully saturated rings. The minimum absolute atomic E-state index is 0.412. The van der Waals surface area contributed by atoms with Crippen LogP contribution in [0.1, 0.15) is 119 Å². The van der Waals surface area contributed by atoms with Crippen LogP contribution in [-0.4, -0.2) is 25.9 Å². The lowest BCUT2D eigenvalue weighted by molar-refractivity contribution is 0.0735. The minimum atomic E-state index is -0.412. The lowest BCUT2D eigenvalue weighted by Crippen LogP contribution is -2.08. The van der Waals surface area contributed by atoms with Gasteiger partial charge in [-0.3, -0.25) is 0 Å². The van der Waals surface area contributed by atoms with E-state index >= 15 is 0 Å². The summed E-state index contributed by atoms with van der Waals surface area (Å²) in [5.41, 5.74) is 4.56. The molecule has 2 heterocycles. The van der Waals surface area contributed by atoms with Gasteiger partial charge in [0.25, 0.3) is 0 Å². The third-order valence-electron chi connectivity index (χ3n) is 8.00. The molecule has 0 aliphatic heterocycles. The number of aromatic nitrogens is 4. The largest absolute Gasteiger partial charge is 0.423 e. The summed E-state index contributed by atoms with van der Waals surface area (Å²) < 4.78 is 5.61. The molecular formula is C38H48N4O2. The number of nitrogens with zero attached hydrogens (tertiary/aromatic N) is 4. The number of carbonyl (C=O) groups is 1. The first-order chi connectivity index (χ1) is 21.7. The first kappa shape index (κ1) is 33.0. The summed E-state index contributed by atoms with van der Waals surface area (Å²) in [5, 5.41) is 0. The van der Waals surface area contributed by atoms with Gasteiger partial charge in [-0.1, -0.05) is 96.6 Å². The molecular weight excluding hydrogens is 544 g/mol. The lowest BCUT2D eigenvalue weighted by Gasteiger charge is -2.07. The predicted octanol–water partition coefficient (Wildman–Crippen LogP) is 10.0. The monoisotopic (exact) mass is 592 g/mol. The van der Waals surface area contributed by atoms with Gasteiger partial charge in [-0.15, -0.1) is 0 Å². The highest BCUT2D eigenvalue weighted by Crippen LogP contribution is 2.22. The fourth-order valence-electron chi connectivity index (χ4n) is 5.25. The fourth-order valence-corrected chi connectivity index (χ4v) is 5.25. The van der Waals surface area contributed by atoms with Crippen LogP contribution in [0.15, 0.2) is 73.3 Å². The van der Waals surface area contributed by atoms with Crippen molar-refractivity contribution >= 4 is 5.97 Å². The molecule has 0 aliphatic carbocycles. The van der Waals surface area contributed by atoms with Crippen LogP contribution in [0.25, 0.3) is 22.8 Å². The maximum atomic E-state index is 12.8. The van der Waals surface area contributed by atoms with Crippen LogP contribution in [0.4, 0.5) is 0 Å². The van der Waals surface area contributed by atoms with Crippen molar-refractivity contribution in [3.8, 4) is 28.5 Å². The Bertz CT molecular complexity index is 1370. The summed E-state index contributed by atoms with van der Waals surface area (Å²) in [7, 11) is 0. The molecule has 0 unspecified atom stereocenters. The summed E-state index contributed by atoms with van der Waals surface area (Å²) in [6.45, 7) is 4.49. The maximum absolute atomic E-state index is 12.8. The van der Waals surface area contributed by atoms with E-state index in [1.165, 1.54) is 94.6 Å². The van der Waals surface area contributed by atoms with Gasteiger partial charge in [0.2, 0.25) is 0 Å². The number of esters is 1. The quantitative estimate of drug-likeness (QED) is 0.0612. The summed E-state index contributed by atoms with van der Waals surface area (Å²) >= 11 is 0. The molecule has 6 nitrogen and oxygen atoms in total. The van der Waals surface area contributed by atoms with Crippen molar-refractivity contribution in [3.05, 3.63) is 90.0 Å². The highest BCUT2D eigenvalue weighted by molar-refractivity contribution is 5.91. The third-order valence-corrected chi connectivity index (χ3v) is 8.00. The molecule has 0 spiro atoms. The molecule has 44 heavy (non-hydrogen) atoms. The molecule has 0 atom stereocenters. The average Bonchev–Trinajstić information content (AvgIpc) is 3.07. The molecule has 0 amide bonds. The smallest absolute Gasteiger partial charge is 0.343 e. The topological polar surface area (TPSA) is 77.9 Å². The van der Waals surface area contributed by atoms with Gasteiger partial charge in [0, 0.05) is 35.9 Å². The normalized spacial score (nSPS) is 11.0. The Morgan fingerprint density at radius 3 is 1.34 bits per heavy atom. The van der Waals surface area contributed by atoms with Gasteiger partial charge in [-0.2, -0.15) is 0 Å². The zero-order valence-electron chi connectivity index (χ0n) is 26.6. The van der Waals surface area contributed by atoms with Crippen LogP contribution in [0.3, 0.4) is 0 Å². The van der Waals surface area contributed by atoms with Crippen molar-refractivity contribution in [2.75, 3.05) is 0 Å². The molecule has 0 saturated heterocycles. The number of aryl methyl sites for hydroxylation is 2. The molecule has 0 bridgehead atoms. The van der Waals surface area contributed by atoms with Crippen LogP contribution in [0, 0.1) is 0 Å². The van der Waals surface area contributed by atoms with Crippen molar-refractivity contribution < 1.29 is 9.53 Å². The minimum Gasteiger partial charge on any atom is -0.423 e. The summed E-state index contributed by atoms with van der Waals surface area (Å²) in [4.78, 5) is 31.0. The van der Waals surface area contributed by atoms with Crippen LogP contribution in [-0.2, 0) is 12.8 Å². The Morgan fingerprint density at radius 2 is 0.909 bits per heavy atom. The van der Waals surface area contributed by atoms with Gasteiger partial charge >= 0.3 is 5.97 Å². The Balaban J connectivity index is 1.22. The van der Waals surface area contributed by atoms with E-state index in [0.29, 0.717) is 23.0 Å². The number of benzene rings is 2. The van der Waals surface area contributed by atoms with E-state index in [1.807, 2.05) is 49.1 Å². The van der Waals surface area contributed by atoms with E-state index < -0.39 is 5.97 Å². The standard InChI is InChI=1S/C38H48N4O2/c1-3-5-7-9-11-13-15-17-31-26-39-36(40-27-31)32-18-20-34(21-19-32)38(43)44-35-24-22-33(23-25-35)37-41-28-30(29-42-37)16-14-12-10-8-6-4-2/h18-29H,3-17H2,1-2H3. The van der Waals surface area contributed by atoms with Gasteiger partial charge in [-0.25, -0.2) is 24.7 Å². The maximum Gasteiger partial charge on any atom is 0.343 e. The van der Waals surface area contributed by atoms with Crippen molar-refractivity contribution in [1.82, 2.24) is 19.9 Å². The first-order valence-electron chi connectivity index (χ1n) is 16.7. The SMILES string of the molecule is CCCCCCCCCc1cnc(-c2ccc(C(=O)Oc3ccc(-c4ncc(CCCCCCCC)cn4)cc3)cc2)nc1. The second-order valence-electron chi connectivity index (χ2n) is 11.7. The van der Waals surface area contributed by atoms with E-state index in [4.69, 9.17) is 4.74 Å². The molecule has 232 valence electrons. The second kappa shape index (κ2) is 18.7. The Hall–Kier alpha value is -3.93. The Morgan fingerprint density at radius 1 is 0.523 bits per heavy atom. The predicted molar refractivity (Wildman–Crippen MR) is 179 cm³/mol. The molecule has 0 aliphatic rings. The second-order valence-corrected chi connectivity index (χ2v) is 11.7. The van der Waals surface area contributed by atoms with Crippen molar-refractivity contribution in [1.29, 1.82) is 0 Å². The molecule has 4 aromatic rings. The third kappa shape index (κ3) is 11.0. The van der Waals surface area contributed by atoms with Gasteiger partial charge in [0.15, 0.2) is 11.6 Å². The molecule has 2 aromatic heterocycles. The van der Waals surface area contributed by atoms with E-state index in [0.717, 1.165) is 24.0 Å². The van der Waals surface area contributed by atoms with Crippen LogP contribution in [0.5, 0.6) is 5.75 Å². The van der Waals surface area contributed by atoms with Gasteiger partial charge < -0.3 is 4.74 Å². The van der Waals surface area contributed by atoms with Crippen molar-refractivity contribution in [2.24, 2.45) is 0 Å². The number of rotatable bonds is 19. The van der Waals surface area contributed by atoms with Crippen molar-refractivity contribution in [2.45, 2.75) is 110 Å². The molecule has 6 heteroatoms. The Labute approximate surface area is 263 Å². The highest BCUT2D eigenvalue weighted by Gasteiger charge is 2.11. The Kier molecular flexibility index (Phi) is 14.0. The molecule has 2 aromatic carbocycles. The molecule has 0 N–H and O–H groups in total. The molecule has 0 radical (unpaired) electrons. The summed E-state index contributed by atoms with van der Waals surface area (Å²) in [6, 6.07) is 14.5.